The first-order chi connectivity index (χ1) is 14.5. The number of imidazole rings is 1. The van der Waals surface area contributed by atoms with Gasteiger partial charge < -0.3 is 4.57 Å². The van der Waals surface area contributed by atoms with E-state index < -0.39 is 0 Å². The number of halogens is 1. The number of aryl methyl sites for hydroxylation is 1. The summed E-state index contributed by atoms with van der Waals surface area (Å²) in [5, 5.41) is 0. The lowest BCUT2D eigenvalue weighted by molar-refractivity contribution is 0.474. The Morgan fingerprint density at radius 3 is 2.83 bits per heavy atom. The average Bonchev–Trinajstić information content (AvgIpc) is 2.97. The van der Waals surface area contributed by atoms with Crippen LogP contribution < -0.4 is 0 Å². The topological polar surface area (TPSA) is 43.6 Å². The number of hydrogen-bond donors (Lipinski definition) is 0. The van der Waals surface area contributed by atoms with Gasteiger partial charge in [0, 0.05) is 22.8 Å². The standard InChI is InChI=1S/C24H27FN4S/c1-5-15(2)13-29-14-26-23-24(29)27-17(4)21(28-23)22-16(3)9-12-20(30-22)18-7-6-8-19(25)11-10-18/h6-7,10-12,14-15H,5,8-9,13H2,1-4H3. The largest absolute Gasteiger partial charge is 0.314 e. The van der Waals surface area contributed by atoms with E-state index in [0.29, 0.717) is 18.0 Å². The van der Waals surface area contributed by atoms with Crippen LogP contribution in [0.2, 0.25) is 0 Å². The monoisotopic (exact) mass is 422 g/mol. The second-order valence-corrected chi connectivity index (χ2v) is 9.09. The Labute approximate surface area is 181 Å². The molecule has 0 aromatic carbocycles. The van der Waals surface area contributed by atoms with Crippen molar-refractivity contribution in [2.75, 3.05) is 0 Å². The van der Waals surface area contributed by atoms with Gasteiger partial charge >= 0.3 is 0 Å². The third-order valence-corrected chi connectivity index (χ3v) is 6.95. The fourth-order valence-electron chi connectivity index (χ4n) is 3.54. The normalized spacial score (nSPS) is 18.2. The summed E-state index contributed by atoms with van der Waals surface area (Å²) in [6.45, 7) is 9.49. The minimum absolute atomic E-state index is 0.116. The van der Waals surface area contributed by atoms with Crippen LogP contribution in [-0.4, -0.2) is 19.5 Å². The molecule has 4 nitrogen and oxygen atoms in total. The molecule has 0 fully saturated rings. The van der Waals surface area contributed by atoms with Gasteiger partial charge in [0.25, 0.3) is 0 Å². The van der Waals surface area contributed by atoms with E-state index >= 15 is 0 Å². The minimum Gasteiger partial charge on any atom is -0.314 e. The van der Waals surface area contributed by atoms with E-state index in [1.807, 2.05) is 31.5 Å². The highest BCUT2D eigenvalue weighted by Gasteiger charge is 2.21. The fourth-order valence-corrected chi connectivity index (χ4v) is 4.73. The van der Waals surface area contributed by atoms with Crippen LogP contribution in [0.1, 0.15) is 51.4 Å². The second kappa shape index (κ2) is 8.72. The molecule has 0 saturated heterocycles. The molecule has 2 aliphatic rings. The van der Waals surface area contributed by atoms with Gasteiger partial charge in [-0.25, -0.2) is 19.3 Å². The summed E-state index contributed by atoms with van der Waals surface area (Å²) < 4.78 is 15.7. The molecule has 1 aliphatic carbocycles. The zero-order valence-electron chi connectivity index (χ0n) is 17.9. The van der Waals surface area contributed by atoms with Crippen molar-refractivity contribution in [3.63, 3.8) is 0 Å². The van der Waals surface area contributed by atoms with Gasteiger partial charge in [0.2, 0.25) is 0 Å². The van der Waals surface area contributed by atoms with Gasteiger partial charge in [0.1, 0.15) is 11.5 Å². The Morgan fingerprint density at radius 1 is 1.20 bits per heavy atom. The van der Waals surface area contributed by atoms with Gasteiger partial charge in [-0.2, -0.15) is 0 Å². The van der Waals surface area contributed by atoms with E-state index in [0.717, 1.165) is 51.8 Å². The van der Waals surface area contributed by atoms with E-state index in [4.69, 9.17) is 9.97 Å². The van der Waals surface area contributed by atoms with Crippen LogP contribution in [0.5, 0.6) is 0 Å². The molecule has 6 heteroatoms. The molecule has 0 spiro atoms. The Kier molecular flexibility index (Phi) is 6.04. The van der Waals surface area contributed by atoms with E-state index in [1.165, 1.54) is 5.57 Å². The maximum atomic E-state index is 13.6. The summed E-state index contributed by atoms with van der Waals surface area (Å²) in [5.41, 5.74) is 5.63. The number of aromatic nitrogens is 4. The fraction of sp³-hybridized carbons (Fsp3) is 0.375. The predicted molar refractivity (Wildman–Crippen MR) is 123 cm³/mol. The molecule has 0 radical (unpaired) electrons. The molecular weight excluding hydrogens is 395 g/mol. The van der Waals surface area contributed by atoms with Crippen LogP contribution in [0.3, 0.4) is 0 Å². The lowest BCUT2D eigenvalue weighted by atomic mass is 10.1. The van der Waals surface area contributed by atoms with Crippen LogP contribution in [-0.2, 0) is 6.54 Å². The van der Waals surface area contributed by atoms with Gasteiger partial charge in [0.15, 0.2) is 11.3 Å². The lowest BCUT2D eigenvalue weighted by Crippen LogP contribution is -2.07. The van der Waals surface area contributed by atoms with Gasteiger partial charge in [-0.1, -0.05) is 61.9 Å². The number of fused-ring (bicyclic) bond motifs is 1. The van der Waals surface area contributed by atoms with Gasteiger partial charge in [-0.15, -0.1) is 0 Å². The summed E-state index contributed by atoms with van der Waals surface area (Å²) in [5.74, 6) is 0.449. The number of hydrogen-bond acceptors (Lipinski definition) is 4. The van der Waals surface area contributed by atoms with Crippen LogP contribution in [0.25, 0.3) is 16.2 Å². The highest BCUT2D eigenvalue weighted by Crippen LogP contribution is 2.44. The third kappa shape index (κ3) is 4.19. The molecule has 1 atom stereocenters. The molecule has 4 rings (SSSR count). The smallest absolute Gasteiger partial charge is 0.198 e. The van der Waals surface area contributed by atoms with Gasteiger partial charge in [-0.3, -0.25) is 0 Å². The highest BCUT2D eigenvalue weighted by atomic mass is 32.2. The van der Waals surface area contributed by atoms with E-state index in [9.17, 15) is 4.39 Å². The first-order valence-electron chi connectivity index (χ1n) is 10.5. The number of rotatable bonds is 5. The first kappa shape index (κ1) is 20.8. The number of nitrogens with zero attached hydrogens (tertiary/aromatic N) is 4. The van der Waals surface area contributed by atoms with Crippen molar-refractivity contribution < 1.29 is 4.39 Å². The molecule has 1 aliphatic heterocycles. The Balaban J connectivity index is 1.67. The van der Waals surface area contributed by atoms with Crippen LogP contribution in [0.15, 0.2) is 58.6 Å². The second-order valence-electron chi connectivity index (χ2n) is 8.04. The molecule has 0 N–H and O–H groups in total. The van der Waals surface area contributed by atoms with E-state index in [2.05, 4.69) is 36.4 Å². The number of allylic oxidation sites excluding steroid dienone is 8. The molecule has 0 saturated carbocycles. The zero-order chi connectivity index (χ0) is 21.3. The quantitative estimate of drug-likeness (QED) is 0.539. The maximum Gasteiger partial charge on any atom is 0.198 e. The van der Waals surface area contributed by atoms with Crippen molar-refractivity contribution in [3.05, 3.63) is 70.0 Å². The molecule has 3 heterocycles. The SMILES string of the molecule is CCC(C)Cn1cnc2nc(C3=C(C)CC=C(C4=CC=C(F)CC=C4)S3)c(C)nc21. The molecule has 156 valence electrons. The van der Waals surface area contributed by atoms with Gasteiger partial charge in [0.05, 0.1) is 12.0 Å². The first-order valence-corrected chi connectivity index (χ1v) is 11.3. The maximum absolute atomic E-state index is 13.6. The summed E-state index contributed by atoms with van der Waals surface area (Å²) >= 11 is 1.69. The molecule has 0 amide bonds. The highest BCUT2D eigenvalue weighted by molar-refractivity contribution is 8.12. The van der Waals surface area contributed by atoms with E-state index in [-0.39, 0.29) is 5.83 Å². The van der Waals surface area contributed by atoms with Crippen molar-refractivity contribution >= 4 is 28.0 Å². The lowest BCUT2D eigenvalue weighted by Gasteiger charge is -2.20. The van der Waals surface area contributed by atoms with Crippen LogP contribution in [0.4, 0.5) is 4.39 Å². The predicted octanol–water partition coefficient (Wildman–Crippen LogP) is 6.67. The minimum atomic E-state index is -0.116. The summed E-state index contributed by atoms with van der Waals surface area (Å²) in [6.07, 6.45) is 13.6. The third-order valence-electron chi connectivity index (χ3n) is 5.58. The van der Waals surface area contributed by atoms with Crippen molar-refractivity contribution in [2.45, 2.75) is 53.5 Å². The summed E-state index contributed by atoms with van der Waals surface area (Å²) in [4.78, 5) is 16.6. The van der Waals surface area contributed by atoms with Crippen LogP contribution in [0, 0.1) is 12.8 Å². The van der Waals surface area contributed by atoms with Crippen molar-refractivity contribution in [3.8, 4) is 0 Å². The van der Waals surface area contributed by atoms with E-state index in [1.54, 1.807) is 17.8 Å². The summed E-state index contributed by atoms with van der Waals surface area (Å²) in [7, 11) is 0. The molecule has 30 heavy (non-hydrogen) atoms. The molecule has 0 bridgehead atoms. The molecule has 1 unspecified atom stereocenters. The molecule has 2 aromatic rings. The zero-order valence-corrected chi connectivity index (χ0v) is 18.8. The van der Waals surface area contributed by atoms with Gasteiger partial charge in [-0.05, 0) is 37.8 Å². The average molecular weight is 423 g/mol. The number of thioether (sulfide) groups is 1. The Hall–Kier alpha value is -2.47. The molecular formula is C24H27FN4S. The van der Waals surface area contributed by atoms with Crippen LogP contribution >= 0.6 is 11.8 Å². The van der Waals surface area contributed by atoms with Crippen molar-refractivity contribution in [1.82, 2.24) is 19.5 Å². The van der Waals surface area contributed by atoms with Crippen molar-refractivity contribution in [2.24, 2.45) is 5.92 Å². The summed E-state index contributed by atoms with van der Waals surface area (Å²) in [6, 6.07) is 0. The van der Waals surface area contributed by atoms with Crippen molar-refractivity contribution in [1.29, 1.82) is 0 Å². The Bertz CT molecular complexity index is 1130. The Morgan fingerprint density at radius 2 is 2.03 bits per heavy atom. The molecule has 2 aromatic heterocycles.